The van der Waals surface area contributed by atoms with E-state index < -0.39 is 5.54 Å². The number of rotatable bonds is 5. The van der Waals surface area contributed by atoms with E-state index in [-0.39, 0.29) is 5.91 Å². The van der Waals surface area contributed by atoms with Gasteiger partial charge in [0.2, 0.25) is 0 Å². The quantitative estimate of drug-likeness (QED) is 0.792. The summed E-state index contributed by atoms with van der Waals surface area (Å²) in [5, 5.41) is 2.92. The van der Waals surface area contributed by atoms with Crippen molar-refractivity contribution in [2.24, 2.45) is 0 Å². The first-order chi connectivity index (χ1) is 8.76. The minimum Gasteiger partial charge on any atom is -0.397 e. The zero-order chi connectivity index (χ0) is 14.6. The summed E-state index contributed by atoms with van der Waals surface area (Å²) in [7, 11) is 5.43. The maximum absolute atomic E-state index is 12.1. The Hall–Kier alpha value is -1.75. The van der Waals surface area contributed by atoms with Gasteiger partial charge < -0.3 is 20.7 Å². The fourth-order valence-corrected chi connectivity index (χ4v) is 1.88. The molecular formula is C14H23N3O2. The molecular weight excluding hydrogens is 242 g/mol. The summed E-state index contributed by atoms with van der Waals surface area (Å²) in [6.07, 6.45) is 0. The Labute approximate surface area is 114 Å². The molecule has 0 aromatic heterocycles. The van der Waals surface area contributed by atoms with E-state index in [1.807, 2.05) is 38.9 Å². The Morgan fingerprint density at radius 2 is 2.05 bits per heavy atom. The maximum atomic E-state index is 12.1. The number of hydrogen-bond acceptors (Lipinski definition) is 4. The van der Waals surface area contributed by atoms with Gasteiger partial charge in [-0.15, -0.1) is 0 Å². The molecule has 0 spiro atoms. The summed E-state index contributed by atoms with van der Waals surface area (Å²) in [5.74, 6) is -0.154. The molecule has 19 heavy (non-hydrogen) atoms. The average molecular weight is 265 g/mol. The van der Waals surface area contributed by atoms with Gasteiger partial charge in [-0.1, -0.05) is 0 Å². The molecule has 1 aromatic rings. The lowest BCUT2D eigenvalue weighted by Crippen LogP contribution is -2.46. The van der Waals surface area contributed by atoms with E-state index in [0.717, 1.165) is 5.69 Å². The molecule has 0 fully saturated rings. The molecule has 1 amide bonds. The van der Waals surface area contributed by atoms with Crippen LogP contribution in [0.4, 0.5) is 11.4 Å². The topological polar surface area (TPSA) is 67.6 Å². The minimum atomic E-state index is -0.416. The van der Waals surface area contributed by atoms with Crippen molar-refractivity contribution in [1.82, 2.24) is 5.32 Å². The lowest BCUT2D eigenvalue weighted by molar-refractivity contribution is 0.0820. The van der Waals surface area contributed by atoms with Gasteiger partial charge in [0.15, 0.2) is 0 Å². The molecule has 0 aliphatic carbocycles. The van der Waals surface area contributed by atoms with E-state index in [9.17, 15) is 4.79 Å². The second-order valence-corrected chi connectivity index (χ2v) is 5.44. The highest BCUT2D eigenvalue weighted by molar-refractivity contribution is 5.96. The molecule has 0 radical (unpaired) electrons. The zero-order valence-electron chi connectivity index (χ0n) is 12.3. The van der Waals surface area contributed by atoms with Gasteiger partial charge in [0.1, 0.15) is 0 Å². The van der Waals surface area contributed by atoms with E-state index in [0.29, 0.717) is 17.9 Å². The van der Waals surface area contributed by atoms with Gasteiger partial charge in [0.05, 0.1) is 23.5 Å². The summed E-state index contributed by atoms with van der Waals surface area (Å²) in [5.41, 5.74) is 7.55. The van der Waals surface area contributed by atoms with Crippen LogP contribution in [0.5, 0.6) is 0 Å². The summed E-state index contributed by atoms with van der Waals surface area (Å²) in [6, 6.07) is 5.30. The number of nitrogens with one attached hydrogen (secondary N) is 1. The summed E-state index contributed by atoms with van der Waals surface area (Å²) in [4.78, 5) is 14.0. The van der Waals surface area contributed by atoms with Crippen LogP contribution >= 0.6 is 0 Å². The number of hydrogen-bond donors (Lipinski definition) is 2. The Bertz CT molecular complexity index is 456. The van der Waals surface area contributed by atoms with Crippen LogP contribution < -0.4 is 16.0 Å². The van der Waals surface area contributed by atoms with Crippen molar-refractivity contribution >= 4 is 17.3 Å². The van der Waals surface area contributed by atoms with Crippen molar-refractivity contribution in [3.63, 3.8) is 0 Å². The molecule has 0 saturated heterocycles. The molecule has 0 atom stereocenters. The molecule has 0 aliphatic rings. The van der Waals surface area contributed by atoms with Gasteiger partial charge in [0.25, 0.3) is 5.91 Å². The van der Waals surface area contributed by atoms with Crippen LogP contribution in [0.25, 0.3) is 0 Å². The van der Waals surface area contributed by atoms with Crippen molar-refractivity contribution in [2.45, 2.75) is 19.4 Å². The van der Waals surface area contributed by atoms with E-state index >= 15 is 0 Å². The van der Waals surface area contributed by atoms with Crippen molar-refractivity contribution in [1.29, 1.82) is 0 Å². The number of nitrogen functional groups attached to an aromatic ring is 1. The summed E-state index contributed by atoms with van der Waals surface area (Å²) >= 11 is 0. The van der Waals surface area contributed by atoms with E-state index in [4.69, 9.17) is 10.5 Å². The van der Waals surface area contributed by atoms with Gasteiger partial charge >= 0.3 is 0 Å². The van der Waals surface area contributed by atoms with Crippen molar-refractivity contribution in [2.75, 3.05) is 38.4 Å². The molecule has 1 rings (SSSR count). The first-order valence-corrected chi connectivity index (χ1v) is 6.15. The number of carbonyl (C=O) groups is 1. The maximum Gasteiger partial charge on any atom is 0.251 e. The first-order valence-electron chi connectivity index (χ1n) is 6.15. The fraction of sp³-hybridized carbons (Fsp3) is 0.500. The van der Waals surface area contributed by atoms with E-state index in [2.05, 4.69) is 5.32 Å². The second-order valence-electron chi connectivity index (χ2n) is 5.44. The standard InChI is InChI=1S/C14H23N3O2/c1-14(2,9-19-5)16-13(18)10-6-7-12(17(3)4)11(15)8-10/h6-8H,9,15H2,1-5H3,(H,16,18). The molecule has 0 heterocycles. The van der Waals surface area contributed by atoms with Gasteiger partial charge in [-0.3, -0.25) is 4.79 Å². The number of anilines is 2. The number of nitrogens with two attached hydrogens (primary N) is 1. The van der Waals surface area contributed by atoms with Crippen molar-refractivity contribution in [3.8, 4) is 0 Å². The molecule has 1 aromatic carbocycles. The van der Waals surface area contributed by atoms with Crippen molar-refractivity contribution in [3.05, 3.63) is 23.8 Å². The third-order valence-corrected chi connectivity index (χ3v) is 2.73. The molecule has 0 unspecified atom stereocenters. The smallest absolute Gasteiger partial charge is 0.251 e. The van der Waals surface area contributed by atoms with Crippen molar-refractivity contribution < 1.29 is 9.53 Å². The third kappa shape index (κ3) is 4.13. The molecule has 0 saturated carbocycles. The monoisotopic (exact) mass is 265 g/mol. The van der Waals surface area contributed by atoms with Gasteiger partial charge in [0, 0.05) is 26.8 Å². The van der Waals surface area contributed by atoms with E-state index in [1.165, 1.54) is 0 Å². The molecule has 5 nitrogen and oxygen atoms in total. The highest BCUT2D eigenvalue weighted by Gasteiger charge is 2.21. The molecule has 106 valence electrons. The number of nitrogens with zero attached hydrogens (tertiary/aromatic N) is 1. The number of carbonyl (C=O) groups excluding carboxylic acids is 1. The highest BCUT2D eigenvalue weighted by atomic mass is 16.5. The van der Waals surface area contributed by atoms with Crippen LogP contribution in [0.1, 0.15) is 24.2 Å². The van der Waals surface area contributed by atoms with Crippen LogP contribution in [0.2, 0.25) is 0 Å². The molecule has 3 N–H and O–H groups in total. The highest BCUT2D eigenvalue weighted by Crippen LogP contribution is 2.22. The normalized spacial score (nSPS) is 11.2. The lowest BCUT2D eigenvalue weighted by atomic mass is 10.1. The van der Waals surface area contributed by atoms with Crippen LogP contribution in [-0.2, 0) is 4.74 Å². The summed E-state index contributed by atoms with van der Waals surface area (Å²) < 4.78 is 5.07. The van der Waals surface area contributed by atoms with E-state index in [1.54, 1.807) is 19.2 Å². The molecule has 0 bridgehead atoms. The number of benzene rings is 1. The van der Waals surface area contributed by atoms with Crippen LogP contribution in [-0.4, -0.2) is 39.3 Å². The second kappa shape index (κ2) is 5.93. The molecule has 0 aliphatic heterocycles. The van der Waals surface area contributed by atoms with Crippen LogP contribution in [0.15, 0.2) is 18.2 Å². The van der Waals surface area contributed by atoms with Gasteiger partial charge in [-0.2, -0.15) is 0 Å². The zero-order valence-corrected chi connectivity index (χ0v) is 12.3. The van der Waals surface area contributed by atoms with Crippen LogP contribution in [0.3, 0.4) is 0 Å². The SMILES string of the molecule is COCC(C)(C)NC(=O)c1ccc(N(C)C)c(N)c1. The fourth-order valence-electron chi connectivity index (χ4n) is 1.88. The summed E-state index contributed by atoms with van der Waals surface area (Å²) in [6.45, 7) is 4.27. The first kappa shape index (κ1) is 15.3. The Morgan fingerprint density at radius 3 is 2.53 bits per heavy atom. The minimum absolute atomic E-state index is 0.154. The largest absolute Gasteiger partial charge is 0.397 e. The Morgan fingerprint density at radius 1 is 1.42 bits per heavy atom. The van der Waals surface area contributed by atoms with Gasteiger partial charge in [-0.05, 0) is 32.0 Å². The molecule has 5 heteroatoms. The number of amides is 1. The number of methoxy groups -OCH3 is 1. The third-order valence-electron chi connectivity index (χ3n) is 2.73. The lowest BCUT2D eigenvalue weighted by Gasteiger charge is -2.25. The number of ether oxygens (including phenoxy) is 1. The average Bonchev–Trinajstić information content (AvgIpc) is 2.27. The predicted molar refractivity (Wildman–Crippen MR) is 78.6 cm³/mol. The Kier molecular flexibility index (Phi) is 4.78. The van der Waals surface area contributed by atoms with Crippen LogP contribution in [0, 0.1) is 0 Å². The van der Waals surface area contributed by atoms with Gasteiger partial charge in [-0.25, -0.2) is 0 Å². The predicted octanol–water partition coefficient (Wildman–Crippen LogP) is 1.49. The Balaban J connectivity index is 2.87.